The normalized spacial score (nSPS) is 10.8. The number of aryl methyl sites for hydroxylation is 1. The van der Waals surface area contributed by atoms with Crippen LogP contribution in [0.25, 0.3) is 10.9 Å². The molecule has 0 fully saturated rings. The van der Waals surface area contributed by atoms with E-state index in [0.29, 0.717) is 18.2 Å². The molecule has 0 unspecified atom stereocenters. The Kier molecular flexibility index (Phi) is 4.41. The molecule has 3 N–H and O–H groups in total. The van der Waals surface area contributed by atoms with Gasteiger partial charge in [-0.15, -0.1) is 11.3 Å². The van der Waals surface area contributed by atoms with E-state index in [0.717, 1.165) is 22.3 Å². The summed E-state index contributed by atoms with van der Waals surface area (Å²) in [5.41, 5.74) is 2.47. The zero-order chi connectivity index (χ0) is 17.9. The van der Waals surface area contributed by atoms with Crippen molar-refractivity contribution < 1.29 is 5.11 Å². The van der Waals surface area contributed by atoms with Crippen LogP contribution in [0.15, 0.2) is 60.0 Å². The molecule has 5 nitrogen and oxygen atoms in total. The summed E-state index contributed by atoms with van der Waals surface area (Å²) < 4.78 is 0. The maximum absolute atomic E-state index is 10.1. The van der Waals surface area contributed by atoms with E-state index in [1.54, 1.807) is 17.4 Å². The van der Waals surface area contributed by atoms with Crippen LogP contribution in [0, 0.1) is 6.92 Å². The van der Waals surface area contributed by atoms with Crippen LogP contribution in [0.4, 0.5) is 17.5 Å². The zero-order valence-electron chi connectivity index (χ0n) is 14.2. The van der Waals surface area contributed by atoms with Gasteiger partial charge in [0.25, 0.3) is 0 Å². The minimum absolute atomic E-state index is 0.167. The summed E-state index contributed by atoms with van der Waals surface area (Å²) in [6.07, 6.45) is 0. The molecule has 0 radical (unpaired) electrons. The summed E-state index contributed by atoms with van der Waals surface area (Å²) in [6, 6.07) is 17.4. The Labute approximate surface area is 155 Å². The molecule has 0 bridgehead atoms. The third kappa shape index (κ3) is 3.45. The second-order valence-corrected chi connectivity index (χ2v) is 7.02. The lowest BCUT2D eigenvalue weighted by molar-refractivity contribution is 0.477. The topological polar surface area (TPSA) is 70.1 Å². The van der Waals surface area contributed by atoms with E-state index in [9.17, 15) is 5.11 Å². The number of nitrogens with one attached hydrogen (secondary N) is 2. The molecule has 0 saturated carbocycles. The van der Waals surface area contributed by atoms with Gasteiger partial charge in [-0.1, -0.05) is 24.3 Å². The van der Waals surface area contributed by atoms with Gasteiger partial charge in [-0.2, -0.15) is 4.98 Å². The third-order valence-corrected chi connectivity index (χ3v) is 4.89. The second-order valence-electron chi connectivity index (χ2n) is 5.99. The van der Waals surface area contributed by atoms with Crippen molar-refractivity contribution in [2.75, 3.05) is 10.6 Å². The van der Waals surface area contributed by atoms with Crippen LogP contribution >= 0.6 is 11.3 Å². The van der Waals surface area contributed by atoms with E-state index in [1.807, 2.05) is 49.4 Å². The number of phenolic OH excluding ortho intramolecular Hbond substituents is 1. The van der Waals surface area contributed by atoms with Crippen molar-refractivity contribution in [1.29, 1.82) is 0 Å². The summed E-state index contributed by atoms with van der Waals surface area (Å²) in [4.78, 5) is 10.4. The van der Waals surface area contributed by atoms with E-state index < -0.39 is 0 Å². The average molecular weight is 362 g/mol. The number of hydrogen-bond acceptors (Lipinski definition) is 6. The molecule has 0 saturated heterocycles. The minimum Gasteiger partial charge on any atom is -0.506 e. The molecule has 2 aromatic heterocycles. The number of para-hydroxylation sites is 1. The zero-order valence-corrected chi connectivity index (χ0v) is 15.0. The maximum atomic E-state index is 10.1. The molecule has 2 aromatic carbocycles. The summed E-state index contributed by atoms with van der Waals surface area (Å²) in [6.45, 7) is 2.67. The number of thiophene rings is 1. The lowest BCUT2D eigenvalue weighted by atomic mass is 10.2. The van der Waals surface area contributed by atoms with Crippen LogP contribution in [0.1, 0.15) is 10.4 Å². The molecular weight excluding hydrogens is 344 g/mol. The maximum Gasteiger partial charge on any atom is 0.229 e. The van der Waals surface area contributed by atoms with E-state index >= 15 is 0 Å². The first kappa shape index (κ1) is 16.4. The van der Waals surface area contributed by atoms with Gasteiger partial charge in [0, 0.05) is 10.3 Å². The molecule has 0 atom stereocenters. The Hall–Kier alpha value is -3.12. The van der Waals surface area contributed by atoms with Crippen LogP contribution in [0.3, 0.4) is 0 Å². The third-order valence-electron chi connectivity index (χ3n) is 4.01. The van der Waals surface area contributed by atoms with E-state index in [1.165, 1.54) is 4.88 Å². The molecule has 0 amide bonds. The number of hydrogen-bond donors (Lipinski definition) is 3. The fourth-order valence-electron chi connectivity index (χ4n) is 2.72. The SMILES string of the molecule is Cc1ccc(O)c(Nc2nc(NCc3cccs3)c3ccccc3n2)c1. The molecule has 0 spiro atoms. The highest BCUT2D eigenvalue weighted by Crippen LogP contribution is 2.29. The molecule has 0 aliphatic carbocycles. The molecule has 4 rings (SSSR count). The lowest BCUT2D eigenvalue weighted by Crippen LogP contribution is -2.05. The molecule has 0 aliphatic heterocycles. The van der Waals surface area contributed by atoms with Gasteiger partial charge in [-0.05, 0) is 48.2 Å². The lowest BCUT2D eigenvalue weighted by Gasteiger charge is -2.12. The van der Waals surface area contributed by atoms with Gasteiger partial charge in [0.2, 0.25) is 5.95 Å². The number of rotatable bonds is 5. The van der Waals surface area contributed by atoms with Gasteiger partial charge in [-0.25, -0.2) is 4.98 Å². The van der Waals surface area contributed by atoms with Crippen molar-refractivity contribution in [2.24, 2.45) is 0 Å². The standard InChI is InChI=1S/C20H18N4OS/c1-13-8-9-18(25)17(11-13)23-20-22-16-7-3-2-6-15(16)19(24-20)21-12-14-5-4-10-26-14/h2-11,25H,12H2,1H3,(H2,21,22,23,24). The van der Waals surface area contributed by atoms with Crippen molar-refractivity contribution >= 4 is 39.7 Å². The van der Waals surface area contributed by atoms with Crippen molar-refractivity contribution in [3.05, 3.63) is 70.4 Å². The monoisotopic (exact) mass is 362 g/mol. The second kappa shape index (κ2) is 7.01. The first-order valence-electron chi connectivity index (χ1n) is 8.29. The highest BCUT2D eigenvalue weighted by atomic mass is 32.1. The summed E-state index contributed by atoms with van der Waals surface area (Å²) in [5, 5.41) is 19.6. The average Bonchev–Trinajstić information content (AvgIpc) is 3.16. The van der Waals surface area contributed by atoms with E-state index in [-0.39, 0.29) is 5.75 Å². The van der Waals surface area contributed by atoms with Gasteiger partial charge in [0.15, 0.2) is 0 Å². The number of anilines is 3. The largest absolute Gasteiger partial charge is 0.506 e. The van der Waals surface area contributed by atoms with E-state index in [2.05, 4.69) is 32.0 Å². The fraction of sp³-hybridized carbons (Fsp3) is 0.100. The molecule has 130 valence electrons. The van der Waals surface area contributed by atoms with Crippen LogP contribution in [-0.2, 0) is 6.54 Å². The molecule has 26 heavy (non-hydrogen) atoms. The Morgan fingerprint density at radius 1 is 1.04 bits per heavy atom. The van der Waals surface area contributed by atoms with Crippen LogP contribution < -0.4 is 10.6 Å². The highest BCUT2D eigenvalue weighted by Gasteiger charge is 2.10. The van der Waals surface area contributed by atoms with Gasteiger partial charge < -0.3 is 15.7 Å². The van der Waals surface area contributed by atoms with Crippen molar-refractivity contribution in [1.82, 2.24) is 9.97 Å². The Bertz CT molecular complexity index is 1050. The molecule has 0 aliphatic rings. The number of phenols is 1. The summed E-state index contributed by atoms with van der Waals surface area (Å²) in [7, 11) is 0. The first-order chi connectivity index (χ1) is 12.7. The quantitative estimate of drug-likeness (QED) is 0.433. The molecule has 2 heterocycles. The van der Waals surface area contributed by atoms with Crippen molar-refractivity contribution in [3.8, 4) is 5.75 Å². The van der Waals surface area contributed by atoms with Crippen LogP contribution in [0.5, 0.6) is 5.75 Å². The fourth-order valence-corrected chi connectivity index (χ4v) is 3.37. The van der Waals surface area contributed by atoms with Crippen molar-refractivity contribution in [3.63, 3.8) is 0 Å². The molecule has 6 heteroatoms. The molecular formula is C20H18N4OS. The Morgan fingerprint density at radius 2 is 1.92 bits per heavy atom. The van der Waals surface area contributed by atoms with Gasteiger partial charge in [0.05, 0.1) is 17.7 Å². The highest BCUT2D eigenvalue weighted by molar-refractivity contribution is 7.09. The van der Waals surface area contributed by atoms with E-state index in [4.69, 9.17) is 0 Å². The predicted octanol–water partition coefficient (Wildman–Crippen LogP) is 5.06. The summed E-state index contributed by atoms with van der Waals surface area (Å²) in [5.74, 6) is 1.37. The summed E-state index contributed by atoms with van der Waals surface area (Å²) >= 11 is 1.70. The van der Waals surface area contributed by atoms with Crippen LogP contribution in [-0.4, -0.2) is 15.1 Å². The van der Waals surface area contributed by atoms with Gasteiger partial charge in [0.1, 0.15) is 11.6 Å². The van der Waals surface area contributed by atoms with Gasteiger partial charge in [-0.3, -0.25) is 0 Å². The Balaban J connectivity index is 1.69. The van der Waals surface area contributed by atoms with Crippen molar-refractivity contribution in [2.45, 2.75) is 13.5 Å². The number of aromatic nitrogens is 2. The number of nitrogens with zero attached hydrogens (tertiary/aromatic N) is 2. The minimum atomic E-state index is 0.167. The first-order valence-corrected chi connectivity index (χ1v) is 9.17. The van der Waals surface area contributed by atoms with Gasteiger partial charge >= 0.3 is 0 Å². The number of aromatic hydroxyl groups is 1. The number of fused-ring (bicyclic) bond motifs is 1. The Morgan fingerprint density at radius 3 is 2.77 bits per heavy atom. The smallest absolute Gasteiger partial charge is 0.229 e. The van der Waals surface area contributed by atoms with Crippen LogP contribution in [0.2, 0.25) is 0 Å². The molecule has 4 aromatic rings. The predicted molar refractivity (Wildman–Crippen MR) is 107 cm³/mol. The number of benzene rings is 2.